The van der Waals surface area contributed by atoms with Gasteiger partial charge in [-0.25, -0.2) is 17.8 Å². The summed E-state index contributed by atoms with van der Waals surface area (Å²) in [5.74, 6) is 0.0841. The maximum atomic E-state index is 12.3. The van der Waals surface area contributed by atoms with E-state index in [4.69, 9.17) is 27.0 Å². The van der Waals surface area contributed by atoms with Crippen LogP contribution in [0, 0.1) is 11.8 Å². The highest BCUT2D eigenvalue weighted by Crippen LogP contribution is 2.38. The molecule has 0 radical (unpaired) electrons. The Balaban J connectivity index is 0.000000418. The SMILES string of the molecule is COC(=O)C1=CO[C@@H](C)[C@H]2C[n+]3ccc4c([nH]c5ccccc54)c3C[C@H]12.O=S(=O)([O-])O. The average molecular weight is 446 g/mol. The number of H-pyrrole nitrogens is 1. The number of carbonyl (C=O) groups is 1. The van der Waals surface area contributed by atoms with Gasteiger partial charge in [0, 0.05) is 34.7 Å². The number of nitrogens with one attached hydrogen (secondary N) is 1. The molecule has 31 heavy (non-hydrogen) atoms. The number of para-hydroxylation sites is 1. The first-order valence-electron chi connectivity index (χ1n) is 9.71. The lowest BCUT2D eigenvalue weighted by molar-refractivity contribution is -0.717. The van der Waals surface area contributed by atoms with E-state index < -0.39 is 10.4 Å². The minimum atomic E-state index is -4.92. The van der Waals surface area contributed by atoms with Crippen LogP contribution in [0.3, 0.4) is 0 Å². The molecule has 10 heteroatoms. The van der Waals surface area contributed by atoms with Crippen LogP contribution in [0.5, 0.6) is 0 Å². The molecule has 0 aliphatic carbocycles. The number of aromatic nitrogens is 2. The summed E-state index contributed by atoms with van der Waals surface area (Å²) in [4.78, 5) is 15.8. The van der Waals surface area contributed by atoms with Crippen LogP contribution in [0.15, 0.2) is 48.4 Å². The summed E-state index contributed by atoms with van der Waals surface area (Å²) in [6.07, 6.45) is 4.64. The van der Waals surface area contributed by atoms with Crippen LogP contribution in [-0.4, -0.2) is 41.7 Å². The van der Waals surface area contributed by atoms with Gasteiger partial charge in [0.25, 0.3) is 0 Å². The fourth-order valence-corrected chi connectivity index (χ4v) is 4.57. The maximum Gasteiger partial charge on any atom is 0.337 e. The molecule has 2 aliphatic heterocycles. The first kappa shape index (κ1) is 21.3. The summed E-state index contributed by atoms with van der Waals surface area (Å²) >= 11 is 0. The van der Waals surface area contributed by atoms with E-state index in [2.05, 4.69) is 46.9 Å². The Morgan fingerprint density at radius 3 is 2.71 bits per heavy atom. The number of aromatic amines is 1. The normalized spacial score (nSPS) is 22.5. The number of nitrogens with zero attached hydrogens (tertiary/aromatic N) is 1. The van der Waals surface area contributed by atoms with Gasteiger partial charge < -0.3 is 19.0 Å². The Kier molecular flexibility index (Phi) is 5.46. The number of pyridine rings is 1. The van der Waals surface area contributed by atoms with Crippen molar-refractivity contribution in [2.75, 3.05) is 7.11 Å². The summed E-state index contributed by atoms with van der Waals surface area (Å²) < 4.78 is 45.9. The van der Waals surface area contributed by atoms with E-state index in [9.17, 15) is 4.79 Å². The summed E-state index contributed by atoms with van der Waals surface area (Å²) in [7, 11) is -3.49. The van der Waals surface area contributed by atoms with Gasteiger partial charge in [-0.3, -0.25) is 4.55 Å². The minimum Gasteiger partial charge on any atom is -0.726 e. The predicted molar refractivity (Wildman–Crippen MR) is 110 cm³/mol. The van der Waals surface area contributed by atoms with Crippen LogP contribution in [0.4, 0.5) is 0 Å². The Morgan fingerprint density at radius 1 is 1.29 bits per heavy atom. The zero-order valence-corrected chi connectivity index (χ0v) is 17.8. The quantitative estimate of drug-likeness (QED) is 0.252. The second-order valence-electron chi connectivity index (χ2n) is 7.68. The van der Waals surface area contributed by atoms with Crippen molar-refractivity contribution in [1.29, 1.82) is 0 Å². The van der Waals surface area contributed by atoms with Gasteiger partial charge >= 0.3 is 5.97 Å². The van der Waals surface area contributed by atoms with Crippen molar-refractivity contribution in [3.8, 4) is 0 Å². The highest BCUT2D eigenvalue weighted by atomic mass is 32.3. The van der Waals surface area contributed by atoms with Crippen LogP contribution < -0.4 is 4.57 Å². The number of hydrogen-bond donors (Lipinski definition) is 2. The molecule has 5 rings (SSSR count). The van der Waals surface area contributed by atoms with Gasteiger partial charge in [0.05, 0.1) is 24.9 Å². The molecule has 0 saturated heterocycles. The predicted octanol–water partition coefficient (Wildman–Crippen LogP) is 1.88. The topological polar surface area (TPSA) is 133 Å². The lowest BCUT2D eigenvalue weighted by Gasteiger charge is -2.36. The molecule has 3 aromatic rings. The van der Waals surface area contributed by atoms with E-state index in [-0.39, 0.29) is 23.9 Å². The number of rotatable bonds is 1. The first-order valence-corrected chi connectivity index (χ1v) is 11.1. The van der Waals surface area contributed by atoms with Gasteiger partial charge in [-0.1, -0.05) is 18.2 Å². The largest absolute Gasteiger partial charge is 0.726 e. The first-order chi connectivity index (χ1) is 14.7. The molecule has 2 aliphatic rings. The fraction of sp³-hybridized carbons (Fsp3) is 0.333. The number of benzene rings is 1. The third kappa shape index (κ3) is 4.14. The Labute approximate surface area is 178 Å². The molecule has 1 aromatic carbocycles. The molecule has 0 spiro atoms. The van der Waals surface area contributed by atoms with Crippen LogP contribution >= 0.6 is 0 Å². The third-order valence-electron chi connectivity index (χ3n) is 5.97. The molecule has 0 unspecified atom stereocenters. The Morgan fingerprint density at radius 2 is 2.00 bits per heavy atom. The molecule has 0 saturated carbocycles. The molecule has 0 bridgehead atoms. The van der Waals surface area contributed by atoms with E-state index in [0.717, 1.165) is 24.0 Å². The van der Waals surface area contributed by atoms with Crippen molar-refractivity contribution in [1.82, 2.24) is 4.98 Å². The maximum absolute atomic E-state index is 12.3. The number of hydrogen-bond acceptors (Lipinski definition) is 6. The number of ether oxygens (including phenoxy) is 2. The third-order valence-corrected chi connectivity index (χ3v) is 5.97. The van der Waals surface area contributed by atoms with E-state index >= 15 is 0 Å². The zero-order chi connectivity index (χ0) is 22.3. The molecule has 2 aromatic heterocycles. The Hall–Kier alpha value is -2.95. The van der Waals surface area contributed by atoms with Crippen molar-refractivity contribution < 1.29 is 36.4 Å². The highest BCUT2D eigenvalue weighted by molar-refractivity contribution is 7.79. The Bertz CT molecular complexity index is 1290. The van der Waals surface area contributed by atoms with Crippen molar-refractivity contribution in [3.05, 3.63) is 54.1 Å². The minimum absolute atomic E-state index is 0.0764. The van der Waals surface area contributed by atoms with Gasteiger partial charge in [0.1, 0.15) is 11.6 Å². The van der Waals surface area contributed by atoms with Gasteiger partial charge in [0.2, 0.25) is 16.1 Å². The van der Waals surface area contributed by atoms with E-state index in [1.807, 2.05) is 6.07 Å². The number of methoxy groups -OCH3 is 1. The molecule has 2 N–H and O–H groups in total. The van der Waals surface area contributed by atoms with Crippen molar-refractivity contribution in [2.45, 2.75) is 26.0 Å². The summed E-state index contributed by atoms with van der Waals surface area (Å²) in [5.41, 5.74) is 4.19. The van der Waals surface area contributed by atoms with Crippen LogP contribution in [-0.2, 0) is 37.6 Å². The second kappa shape index (κ2) is 7.95. The van der Waals surface area contributed by atoms with Crippen molar-refractivity contribution >= 4 is 38.2 Å². The smallest absolute Gasteiger partial charge is 0.337 e. The molecule has 9 nitrogen and oxygen atoms in total. The molecule has 4 heterocycles. The average Bonchev–Trinajstić information content (AvgIpc) is 3.10. The van der Waals surface area contributed by atoms with Crippen molar-refractivity contribution in [2.24, 2.45) is 11.8 Å². The molecule has 164 valence electrons. The van der Waals surface area contributed by atoms with Gasteiger partial charge in [-0.2, -0.15) is 0 Å². The molecular weight excluding hydrogens is 424 g/mol. The van der Waals surface area contributed by atoms with Crippen LogP contribution in [0.2, 0.25) is 0 Å². The molecular formula is C21H22N2O7S. The summed E-state index contributed by atoms with van der Waals surface area (Å²) in [5, 5.41) is 2.46. The lowest BCUT2D eigenvalue weighted by Crippen LogP contribution is -2.53. The van der Waals surface area contributed by atoms with Crippen LogP contribution in [0.1, 0.15) is 12.6 Å². The summed E-state index contributed by atoms with van der Waals surface area (Å²) in [6.45, 7) is 2.91. The number of carbonyl (C=O) groups excluding carboxylic acids is 1. The van der Waals surface area contributed by atoms with E-state index in [1.54, 1.807) is 6.26 Å². The fourth-order valence-electron chi connectivity index (χ4n) is 4.57. The number of fused-ring (bicyclic) bond motifs is 6. The zero-order valence-electron chi connectivity index (χ0n) is 16.9. The summed E-state index contributed by atoms with van der Waals surface area (Å²) in [6, 6.07) is 10.5. The molecule has 0 fully saturated rings. The van der Waals surface area contributed by atoms with E-state index in [1.165, 1.54) is 23.6 Å². The van der Waals surface area contributed by atoms with Gasteiger partial charge in [-0.15, -0.1) is 0 Å². The van der Waals surface area contributed by atoms with Crippen molar-refractivity contribution in [3.63, 3.8) is 0 Å². The van der Waals surface area contributed by atoms with E-state index in [0.29, 0.717) is 5.57 Å². The second-order valence-corrected chi connectivity index (χ2v) is 8.54. The van der Waals surface area contributed by atoms with Crippen LogP contribution in [0.25, 0.3) is 21.8 Å². The van der Waals surface area contributed by atoms with Gasteiger partial charge in [0.15, 0.2) is 12.7 Å². The molecule has 0 amide bonds. The standard InChI is InChI=1S/C21H20N2O3.H2O4S/c1-12-16-10-23-8-7-14-13-5-3-4-6-18(13)22-20(14)19(23)9-15(16)17(11-26-12)21(24)25-2;1-5(2,3)4/h3-8,11-12,15-16H,9-10H2,1-2H3;(H2,1,2,3,4)/t12-,15-,16+;/m0./s1. The number of esters is 1. The lowest BCUT2D eigenvalue weighted by atomic mass is 9.76. The van der Waals surface area contributed by atoms with Gasteiger partial charge in [-0.05, 0) is 13.0 Å². The molecule has 3 atom stereocenters. The highest BCUT2D eigenvalue weighted by Gasteiger charge is 2.45. The monoisotopic (exact) mass is 446 g/mol.